The van der Waals surface area contributed by atoms with Gasteiger partial charge in [0.2, 0.25) is 0 Å². The molecule has 0 fully saturated rings. The van der Waals surface area contributed by atoms with E-state index in [2.05, 4.69) is 0 Å². The SMILES string of the molecule is Cc1cc2c(o1)CCC2C(C)C(=O)O. The van der Waals surface area contributed by atoms with E-state index in [0.29, 0.717) is 0 Å². The monoisotopic (exact) mass is 194 g/mol. The van der Waals surface area contributed by atoms with E-state index < -0.39 is 5.97 Å². The number of carbonyl (C=O) groups is 1. The van der Waals surface area contributed by atoms with Gasteiger partial charge in [-0.25, -0.2) is 0 Å². The number of hydrogen-bond donors (Lipinski definition) is 1. The first kappa shape index (κ1) is 9.31. The molecule has 0 aromatic carbocycles. The minimum absolute atomic E-state index is 0.139. The van der Waals surface area contributed by atoms with E-state index in [0.717, 1.165) is 29.9 Å². The Bertz CT molecular complexity index is 365. The molecule has 3 nitrogen and oxygen atoms in total. The van der Waals surface area contributed by atoms with Crippen LogP contribution in [0, 0.1) is 12.8 Å². The highest BCUT2D eigenvalue weighted by molar-refractivity contribution is 5.71. The Kier molecular flexibility index (Phi) is 2.10. The zero-order chi connectivity index (χ0) is 10.3. The third kappa shape index (κ3) is 1.33. The molecule has 76 valence electrons. The molecule has 0 spiro atoms. The molecule has 1 aliphatic rings. The summed E-state index contributed by atoms with van der Waals surface area (Å²) in [5, 5.41) is 8.94. The minimum atomic E-state index is -0.721. The second-order valence-corrected chi connectivity index (χ2v) is 4.01. The Labute approximate surface area is 82.7 Å². The van der Waals surface area contributed by atoms with Crippen molar-refractivity contribution in [2.24, 2.45) is 5.92 Å². The second-order valence-electron chi connectivity index (χ2n) is 4.01. The van der Waals surface area contributed by atoms with E-state index in [1.54, 1.807) is 6.92 Å². The van der Waals surface area contributed by atoms with Crippen molar-refractivity contribution in [3.8, 4) is 0 Å². The summed E-state index contributed by atoms with van der Waals surface area (Å²) in [5.41, 5.74) is 1.11. The molecule has 1 aliphatic carbocycles. The third-order valence-electron chi connectivity index (χ3n) is 3.04. The van der Waals surface area contributed by atoms with Crippen LogP contribution >= 0.6 is 0 Å². The summed E-state index contributed by atoms with van der Waals surface area (Å²) in [6.07, 6.45) is 1.79. The van der Waals surface area contributed by atoms with Crippen molar-refractivity contribution in [1.29, 1.82) is 0 Å². The lowest BCUT2D eigenvalue weighted by Crippen LogP contribution is -2.16. The lowest BCUT2D eigenvalue weighted by molar-refractivity contribution is -0.141. The van der Waals surface area contributed by atoms with E-state index in [9.17, 15) is 4.79 Å². The molecule has 14 heavy (non-hydrogen) atoms. The number of aryl methyl sites for hydroxylation is 2. The second kappa shape index (κ2) is 3.15. The molecule has 1 N–H and O–H groups in total. The fourth-order valence-electron chi connectivity index (χ4n) is 2.22. The third-order valence-corrected chi connectivity index (χ3v) is 3.04. The molecule has 1 aromatic rings. The molecule has 0 saturated carbocycles. The van der Waals surface area contributed by atoms with E-state index in [1.165, 1.54) is 0 Å². The highest BCUT2D eigenvalue weighted by atomic mass is 16.4. The molecule has 0 radical (unpaired) electrons. The molecule has 0 bridgehead atoms. The van der Waals surface area contributed by atoms with Crippen molar-refractivity contribution in [1.82, 2.24) is 0 Å². The predicted octanol–water partition coefficient (Wildman–Crippen LogP) is 2.34. The summed E-state index contributed by atoms with van der Waals surface area (Å²) in [6, 6.07) is 1.98. The lowest BCUT2D eigenvalue weighted by atomic mass is 9.89. The van der Waals surface area contributed by atoms with Crippen LogP contribution < -0.4 is 0 Å². The van der Waals surface area contributed by atoms with Crippen LogP contribution in [-0.4, -0.2) is 11.1 Å². The van der Waals surface area contributed by atoms with Crippen molar-refractivity contribution in [2.75, 3.05) is 0 Å². The number of carboxylic acid groups (broad SMARTS) is 1. The van der Waals surface area contributed by atoms with Gasteiger partial charge in [0.05, 0.1) is 5.92 Å². The van der Waals surface area contributed by atoms with E-state index in [1.807, 2.05) is 13.0 Å². The van der Waals surface area contributed by atoms with Crippen molar-refractivity contribution in [3.05, 3.63) is 23.2 Å². The largest absolute Gasteiger partial charge is 0.481 e. The number of hydrogen-bond acceptors (Lipinski definition) is 2. The summed E-state index contributed by atoms with van der Waals surface area (Å²) in [4.78, 5) is 10.9. The number of fused-ring (bicyclic) bond motifs is 1. The smallest absolute Gasteiger partial charge is 0.306 e. The van der Waals surface area contributed by atoms with Crippen LogP contribution in [0.2, 0.25) is 0 Å². The summed E-state index contributed by atoms with van der Waals surface area (Å²) in [6.45, 7) is 3.67. The molecule has 2 atom stereocenters. The molecule has 0 amide bonds. The first-order valence-corrected chi connectivity index (χ1v) is 4.91. The molecule has 1 aromatic heterocycles. The average Bonchev–Trinajstić information content (AvgIpc) is 2.61. The van der Waals surface area contributed by atoms with Crippen LogP contribution in [0.3, 0.4) is 0 Å². The highest BCUT2D eigenvalue weighted by Crippen LogP contribution is 2.39. The summed E-state index contributed by atoms with van der Waals surface area (Å²) in [5.74, 6) is 0.979. The molecular formula is C11H14O3. The van der Waals surface area contributed by atoms with Crippen LogP contribution in [0.4, 0.5) is 0 Å². The summed E-state index contributed by atoms with van der Waals surface area (Å²) in [7, 11) is 0. The van der Waals surface area contributed by atoms with E-state index in [4.69, 9.17) is 9.52 Å². The fourth-order valence-corrected chi connectivity index (χ4v) is 2.22. The van der Waals surface area contributed by atoms with E-state index >= 15 is 0 Å². The molecular weight excluding hydrogens is 180 g/mol. The first-order chi connectivity index (χ1) is 6.59. The number of carboxylic acids is 1. The maximum atomic E-state index is 10.9. The summed E-state index contributed by atoms with van der Waals surface area (Å²) >= 11 is 0. The average molecular weight is 194 g/mol. The fraction of sp³-hybridized carbons (Fsp3) is 0.545. The van der Waals surface area contributed by atoms with Crippen LogP contribution in [-0.2, 0) is 11.2 Å². The van der Waals surface area contributed by atoms with Crippen molar-refractivity contribution >= 4 is 5.97 Å². The Balaban J connectivity index is 2.29. The zero-order valence-corrected chi connectivity index (χ0v) is 8.41. The van der Waals surface area contributed by atoms with Gasteiger partial charge in [-0.2, -0.15) is 0 Å². The molecule has 1 heterocycles. The molecule has 0 aliphatic heterocycles. The van der Waals surface area contributed by atoms with Gasteiger partial charge in [0.25, 0.3) is 0 Å². The number of rotatable bonds is 2. The summed E-state index contributed by atoms with van der Waals surface area (Å²) < 4.78 is 5.49. The van der Waals surface area contributed by atoms with Gasteiger partial charge < -0.3 is 9.52 Å². The van der Waals surface area contributed by atoms with Crippen LogP contribution in [0.1, 0.15) is 36.3 Å². The Morgan fingerprint density at radius 2 is 2.43 bits per heavy atom. The molecule has 2 rings (SSSR count). The normalized spacial score (nSPS) is 22.0. The highest BCUT2D eigenvalue weighted by Gasteiger charge is 2.33. The van der Waals surface area contributed by atoms with Crippen LogP contribution in [0.25, 0.3) is 0 Å². The minimum Gasteiger partial charge on any atom is -0.481 e. The van der Waals surface area contributed by atoms with Gasteiger partial charge in [-0.1, -0.05) is 6.92 Å². The van der Waals surface area contributed by atoms with Crippen LogP contribution in [0.5, 0.6) is 0 Å². The number of aliphatic carboxylic acids is 1. The standard InChI is InChI=1S/C11H14O3/c1-6-5-9-8(7(2)11(12)13)3-4-10(9)14-6/h5,7-8H,3-4H2,1-2H3,(H,12,13). The number of furan rings is 1. The van der Waals surface area contributed by atoms with Gasteiger partial charge in [0, 0.05) is 12.3 Å². The van der Waals surface area contributed by atoms with Gasteiger partial charge >= 0.3 is 5.97 Å². The maximum Gasteiger partial charge on any atom is 0.306 e. The van der Waals surface area contributed by atoms with Gasteiger partial charge in [0.15, 0.2) is 0 Å². The van der Waals surface area contributed by atoms with Gasteiger partial charge in [-0.3, -0.25) is 4.79 Å². The predicted molar refractivity (Wildman–Crippen MR) is 51.3 cm³/mol. The zero-order valence-electron chi connectivity index (χ0n) is 8.41. The maximum absolute atomic E-state index is 10.9. The lowest BCUT2D eigenvalue weighted by Gasteiger charge is -2.13. The van der Waals surface area contributed by atoms with E-state index in [-0.39, 0.29) is 11.8 Å². The van der Waals surface area contributed by atoms with Crippen molar-refractivity contribution in [3.63, 3.8) is 0 Å². The Morgan fingerprint density at radius 1 is 1.71 bits per heavy atom. The molecule has 2 unspecified atom stereocenters. The van der Waals surface area contributed by atoms with Crippen molar-refractivity contribution < 1.29 is 14.3 Å². The van der Waals surface area contributed by atoms with Gasteiger partial charge in [-0.15, -0.1) is 0 Å². The Morgan fingerprint density at radius 3 is 3.07 bits per heavy atom. The first-order valence-electron chi connectivity index (χ1n) is 4.91. The quantitative estimate of drug-likeness (QED) is 0.786. The van der Waals surface area contributed by atoms with Crippen molar-refractivity contribution in [2.45, 2.75) is 32.6 Å². The molecule has 0 saturated heterocycles. The van der Waals surface area contributed by atoms with Gasteiger partial charge in [-0.05, 0) is 25.0 Å². The Hall–Kier alpha value is -1.25. The van der Waals surface area contributed by atoms with Crippen LogP contribution in [0.15, 0.2) is 10.5 Å². The molecule has 3 heteroatoms. The van der Waals surface area contributed by atoms with Gasteiger partial charge in [0.1, 0.15) is 11.5 Å². The topological polar surface area (TPSA) is 50.4 Å².